The molecule has 1 fully saturated rings. The highest BCUT2D eigenvalue weighted by atomic mass is 16.3. The molecular formula is C13H20N2O. The lowest BCUT2D eigenvalue weighted by Gasteiger charge is -2.36. The fourth-order valence-corrected chi connectivity index (χ4v) is 2.67. The SMILES string of the molecule is CC1CC(C)CN(c2ncccc2CO)C1. The normalized spacial score (nSPS) is 25.8. The summed E-state index contributed by atoms with van der Waals surface area (Å²) < 4.78 is 0. The van der Waals surface area contributed by atoms with Gasteiger partial charge in [0, 0.05) is 24.8 Å². The Morgan fingerprint density at radius 2 is 2.06 bits per heavy atom. The van der Waals surface area contributed by atoms with Crippen molar-refractivity contribution in [2.45, 2.75) is 26.9 Å². The zero-order chi connectivity index (χ0) is 11.5. The van der Waals surface area contributed by atoms with Crippen molar-refractivity contribution in [3.05, 3.63) is 23.9 Å². The van der Waals surface area contributed by atoms with E-state index in [9.17, 15) is 5.11 Å². The molecule has 2 unspecified atom stereocenters. The van der Waals surface area contributed by atoms with Crippen LogP contribution >= 0.6 is 0 Å². The zero-order valence-corrected chi connectivity index (χ0v) is 10.1. The van der Waals surface area contributed by atoms with Gasteiger partial charge in [0.2, 0.25) is 0 Å². The molecule has 0 aliphatic carbocycles. The van der Waals surface area contributed by atoms with Crippen molar-refractivity contribution in [3.63, 3.8) is 0 Å². The van der Waals surface area contributed by atoms with Gasteiger partial charge in [0.1, 0.15) is 5.82 Å². The highest BCUT2D eigenvalue weighted by Crippen LogP contribution is 2.26. The average molecular weight is 220 g/mol. The van der Waals surface area contributed by atoms with E-state index < -0.39 is 0 Å². The van der Waals surface area contributed by atoms with Crippen molar-refractivity contribution < 1.29 is 5.11 Å². The second kappa shape index (κ2) is 4.83. The maximum atomic E-state index is 9.31. The van der Waals surface area contributed by atoms with Crippen LogP contribution in [-0.2, 0) is 6.61 Å². The third kappa shape index (κ3) is 2.35. The Morgan fingerprint density at radius 3 is 2.69 bits per heavy atom. The van der Waals surface area contributed by atoms with Gasteiger partial charge in [-0.25, -0.2) is 4.98 Å². The largest absolute Gasteiger partial charge is 0.392 e. The summed E-state index contributed by atoms with van der Waals surface area (Å²) in [5.74, 6) is 2.37. The number of aliphatic hydroxyl groups excluding tert-OH is 1. The van der Waals surface area contributed by atoms with E-state index in [1.165, 1.54) is 6.42 Å². The first-order valence-electron chi connectivity index (χ1n) is 6.00. The number of pyridine rings is 1. The van der Waals surface area contributed by atoms with Gasteiger partial charge in [-0.2, -0.15) is 0 Å². The van der Waals surface area contributed by atoms with E-state index in [2.05, 4.69) is 23.7 Å². The molecule has 1 N–H and O–H groups in total. The van der Waals surface area contributed by atoms with Crippen LogP contribution in [0.15, 0.2) is 18.3 Å². The molecule has 88 valence electrons. The van der Waals surface area contributed by atoms with Gasteiger partial charge in [0.05, 0.1) is 6.61 Å². The van der Waals surface area contributed by atoms with Gasteiger partial charge in [-0.3, -0.25) is 0 Å². The summed E-state index contributed by atoms with van der Waals surface area (Å²) in [4.78, 5) is 6.72. The van der Waals surface area contributed by atoms with Crippen LogP contribution in [-0.4, -0.2) is 23.2 Å². The standard InChI is InChI=1S/C13H20N2O/c1-10-6-11(2)8-15(7-10)13-12(9-16)4-3-5-14-13/h3-5,10-11,16H,6-9H2,1-2H3. The minimum absolute atomic E-state index is 0.0719. The van der Waals surface area contributed by atoms with Gasteiger partial charge in [-0.1, -0.05) is 19.9 Å². The summed E-state index contributed by atoms with van der Waals surface area (Å²) in [6.45, 7) is 6.74. The third-order valence-corrected chi connectivity index (χ3v) is 3.21. The lowest BCUT2D eigenvalue weighted by atomic mass is 9.92. The van der Waals surface area contributed by atoms with Crippen LogP contribution in [0.3, 0.4) is 0 Å². The van der Waals surface area contributed by atoms with E-state index in [0.29, 0.717) is 11.8 Å². The first-order valence-corrected chi connectivity index (χ1v) is 6.00. The predicted molar refractivity (Wildman–Crippen MR) is 65.3 cm³/mol. The molecule has 1 aromatic heterocycles. The molecule has 2 atom stereocenters. The topological polar surface area (TPSA) is 36.4 Å². The summed E-state index contributed by atoms with van der Waals surface area (Å²) in [5.41, 5.74) is 0.934. The minimum atomic E-state index is 0.0719. The maximum absolute atomic E-state index is 9.31. The Bertz CT molecular complexity index is 344. The smallest absolute Gasteiger partial charge is 0.134 e. The molecule has 1 saturated heterocycles. The van der Waals surface area contributed by atoms with Crippen LogP contribution < -0.4 is 4.90 Å². The Labute approximate surface area is 97.1 Å². The second-order valence-electron chi connectivity index (χ2n) is 5.00. The van der Waals surface area contributed by atoms with Crippen LogP contribution in [0.4, 0.5) is 5.82 Å². The Balaban J connectivity index is 2.22. The van der Waals surface area contributed by atoms with Crippen LogP contribution in [0, 0.1) is 11.8 Å². The number of nitrogens with zero attached hydrogens (tertiary/aromatic N) is 2. The van der Waals surface area contributed by atoms with Gasteiger partial charge < -0.3 is 10.0 Å². The van der Waals surface area contributed by atoms with E-state index in [0.717, 1.165) is 24.5 Å². The Morgan fingerprint density at radius 1 is 1.38 bits per heavy atom. The van der Waals surface area contributed by atoms with Crippen molar-refractivity contribution >= 4 is 5.82 Å². The van der Waals surface area contributed by atoms with Crippen molar-refractivity contribution in [3.8, 4) is 0 Å². The van der Waals surface area contributed by atoms with E-state index in [1.54, 1.807) is 6.20 Å². The quantitative estimate of drug-likeness (QED) is 0.828. The predicted octanol–water partition coefficient (Wildman–Crippen LogP) is 2.06. The van der Waals surface area contributed by atoms with Crippen LogP contribution in [0.1, 0.15) is 25.8 Å². The molecule has 1 aromatic rings. The van der Waals surface area contributed by atoms with Crippen LogP contribution in [0.5, 0.6) is 0 Å². The Hall–Kier alpha value is -1.09. The number of rotatable bonds is 2. The summed E-state index contributed by atoms with van der Waals surface area (Å²) in [5, 5.41) is 9.31. The number of anilines is 1. The summed E-state index contributed by atoms with van der Waals surface area (Å²) in [7, 11) is 0. The fourth-order valence-electron chi connectivity index (χ4n) is 2.67. The third-order valence-electron chi connectivity index (χ3n) is 3.21. The molecular weight excluding hydrogens is 200 g/mol. The summed E-state index contributed by atoms with van der Waals surface area (Å²) in [6.07, 6.45) is 3.09. The molecule has 0 amide bonds. The molecule has 3 heteroatoms. The van der Waals surface area contributed by atoms with Crippen LogP contribution in [0.25, 0.3) is 0 Å². The maximum Gasteiger partial charge on any atom is 0.134 e. The Kier molecular flexibility index (Phi) is 3.44. The van der Waals surface area contributed by atoms with E-state index >= 15 is 0 Å². The van der Waals surface area contributed by atoms with Crippen molar-refractivity contribution in [1.82, 2.24) is 4.98 Å². The van der Waals surface area contributed by atoms with Gasteiger partial charge in [-0.15, -0.1) is 0 Å². The molecule has 0 radical (unpaired) electrons. The number of aliphatic hydroxyl groups is 1. The monoisotopic (exact) mass is 220 g/mol. The summed E-state index contributed by atoms with van der Waals surface area (Å²) in [6, 6.07) is 3.83. The molecule has 0 spiro atoms. The molecule has 16 heavy (non-hydrogen) atoms. The molecule has 3 nitrogen and oxygen atoms in total. The lowest BCUT2D eigenvalue weighted by Crippen LogP contribution is -2.39. The van der Waals surface area contributed by atoms with E-state index in [1.807, 2.05) is 12.1 Å². The first kappa shape index (κ1) is 11.4. The van der Waals surface area contributed by atoms with Crippen molar-refractivity contribution in [2.75, 3.05) is 18.0 Å². The molecule has 1 aliphatic heterocycles. The second-order valence-corrected chi connectivity index (χ2v) is 5.00. The summed E-state index contributed by atoms with van der Waals surface area (Å²) >= 11 is 0. The van der Waals surface area contributed by atoms with Crippen LogP contribution in [0.2, 0.25) is 0 Å². The first-order chi connectivity index (χ1) is 7.70. The van der Waals surface area contributed by atoms with Crippen molar-refractivity contribution in [2.24, 2.45) is 11.8 Å². The molecule has 2 heterocycles. The lowest BCUT2D eigenvalue weighted by molar-refractivity contribution is 0.280. The number of piperidine rings is 1. The van der Waals surface area contributed by atoms with Gasteiger partial charge in [0.25, 0.3) is 0 Å². The highest BCUT2D eigenvalue weighted by Gasteiger charge is 2.23. The van der Waals surface area contributed by atoms with Crippen molar-refractivity contribution in [1.29, 1.82) is 0 Å². The van der Waals surface area contributed by atoms with E-state index in [-0.39, 0.29) is 6.61 Å². The molecule has 2 rings (SSSR count). The zero-order valence-electron chi connectivity index (χ0n) is 10.1. The molecule has 0 aromatic carbocycles. The number of aromatic nitrogens is 1. The highest BCUT2D eigenvalue weighted by molar-refractivity contribution is 5.46. The molecule has 0 saturated carbocycles. The van der Waals surface area contributed by atoms with Gasteiger partial charge in [-0.05, 0) is 24.3 Å². The fraction of sp³-hybridized carbons (Fsp3) is 0.615. The van der Waals surface area contributed by atoms with Gasteiger partial charge in [0.15, 0.2) is 0 Å². The number of hydrogen-bond acceptors (Lipinski definition) is 3. The number of hydrogen-bond donors (Lipinski definition) is 1. The minimum Gasteiger partial charge on any atom is -0.392 e. The molecule has 1 aliphatic rings. The molecule has 0 bridgehead atoms. The average Bonchev–Trinajstić information content (AvgIpc) is 2.27. The van der Waals surface area contributed by atoms with E-state index in [4.69, 9.17) is 0 Å². The van der Waals surface area contributed by atoms with Gasteiger partial charge >= 0.3 is 0 Å².